The third-order valence-electron chi connectivity index (χ3n) is 8.60. The van der Waals surface area contributed by atoms with Gasteiger partial charge in [-0.25, -0.2) is 9.78 Å². The molecular weight excluding hydrogens is 470 g/mol. The van der Waals surface area contributed by atoms with Gasteiger partial charge in [0, 0.05) is 24.8 Å². The molecule has 0 bridgehead atoms. The number of fused-ring (bicyclic) bond motifs is 4. The molecule has 3 aliphatic heterocycles. The second-order valence-electron chi connectivity index (χ2n) is 10.3. The number of anilines is 1. The number of esters is 1. The molecule has 4 atom stereocenters. The van der Waals surface area contributed by atoms with E-state index in [0.29, 0.717) is 17.6 Å². The summed E-state index contributed by atoms with van der Waals surface area (Å²) in [6.45, 7) is 3.81. The number of hydrogen-bond donors (Lipinski definition) is 1. The average Bonchev–Trinajstić information content (AvgIpc) is 3.62. The van der Waals surface area contributed by atoms with Crippen molar-refractivity contribution in [3.63, 3.8) is 0 Å². The lowest BCUT2D eigenvalue weighted by Gasteiger charge is -2.45. The van der Waals surface area contributed by atoms with Crippen molar-refractivity contribution in [1.82, 2.24) is 9.88 Å². The van der Waals surface area contributed by atoms with Gasteiger partial charge in [-0.2, -0.15) is 0 Å². The van der Waals surface area contributed by atoms with E-state index in [9.17, 15) is 9.59 Å². The van der Waals surface area contributed by atoms with Crippen LogP contribution in [0, 0.1) is 11.8 Å². The second-order valence-corrected chi connectivity index (χ2v) is 10.3. The number of benzene rings is 2. The number of piperidine rings is 1. The van der Waals surface area contributed by atoms with E-state index < -0.39 is 5.54 Å². The maximum Gasteiger partial charge on any atom is 0.337 e. The van der Waals surface area contributed by atoms with Crippen molar-refractivity contribution < 1.29 is 23.5 Å². The molecule has 0 aliphatic carbocycles. The lowest BCUT2D eigenvalue weighted by atomic mass is 9.71. The third kappa shape index (κ3) is 3.57. The predicted octanol–water partition coefficient (Wildman–Crippen LogP) is 4.67. The molecule has 0 saturated carbocycles. The number of methoxy groups -OCH3 is 2. The quantitative estimate of drug-likeness (QED) is 0.306. The topological polar surface area (TPSA) is 93.9 Å². The van der Waals surface area contributed by atoms with Gasteiger partial charge in [-0.3, -0.25) is 9.69 Å². The maximum absolute atomic E-state index is 14.4. The Morgan fingerprint density at radius 2 is 2.16 bits per heavy atom. The fraction of sp³-hybridized carbons (Fsp3) is 0.414. The van der Waals surface area contributed by atoms with Gasteiger partial charge < -0.3 is 19.2 Å². The molecule has 4 heterocycles. The van der Waals surface area contributed by atoms with Crippen molar-refractivity contribution in [1.29, 1.82) is 0 Å². The number of rotatable bonds is 5. The minimum Gasteiger partial charge on any atom is -0.504 e. The lowest BCUT2D eigenvalue weighted by molar-refractivity contribution is -0.137. The van der Waals surface area contributed by atoms with Crippen molar-refractivity contribution in [2.75, 3.05) is 32.6 Å². The average molecular weight is 502 g/mol. The Morgan fingerprint density at radius 3 is 2.95 bits per heavy atom. The van der Waals surface area contributed by atoms with Crippen LogP contribution in [0.4, 0.5) is 5.69 Å². The Morgan fingerprint density at radius 1 is 1.30 bits per heavy atom. The minimum atomic E-state index is -0.734. The van der Waals surface area contributed by atoms with Gasteiger partial charge in [0.15, 0.2) is 17.8 Å². The number of ether oxygens (including phenoxy) is 2. The number of hydrogen-bond acceptors (Lipinski definition) is 8. The highest BCUT2D eigenvalue weighted by Gasteiger charge is 2.59. The highest BCUT2D eigenvalue weighted by Crippen LogP contribution is 2.50. The maximum atomic E-state index is 14.4. The van der Waals surface area contributed by atoms with E-state index in [-0.39, 0.29) is 29.6 Å². The molecule has 8 heteroatoms. The fourth-order valence-corrected chi connectivity index (χ4v) is 6.81. The Labute approximate surface area is 215 Å². The second kappa shape index (κ2) is 9.03. The van der Waals surface area contributed by atoms with Gasteiger partial charge in [-0.05, 0) is 54.0 Å². The monoisotopic (exact) mass is 501 g/mol. The van der Waals surface area contributed by atoms with Crippen LogP contribution in [-0.2, 0) is 14.3 Å². The Hall–Kier alpha value is -3.65. The van der Waals surface area contributed by atoms with Crippen LogP contribution < -0.4 is 5.32 Å². The number of ketones is 1. The summed E-state index contributed by atoms with van der Waals surface area (Å²) < 4.78 is 15.8. The van der Waals surface area contributed by atoms with Crippen LogP contribution in [0.1, 0.15) is 36.5 Å². The molecule has 3 aromatic rings. The molecule has 192 valence electrons. The van der Waals surface area contributed by atoms with Crippen molar-refractivity contribution in [2.24, 2.45) is 11.8 Å². The predicted molar refractivity (Wildman–Crippen MR) is 139 cm³/mol. The fourth-order valence-electron chi connectivity index (χ4n) is 6.81. The van der Waals surface area contributed by atoms with Crippen molar-refractivity contribution in [3.05, 3.63) is 60.2 Å². The molecule has 0 radical (unpaired) electrons. The molecule has 3 aliphatic rings. The zero-order valence-corrected chi connectivity index (χ0v) is 21.3. The van der Waals surface area contributed by atoms with E-state index in [2.05, 4.69) is 22.1 Å². The number of Topliss-reactive ketones (excluding diaryl/α,β-unsaturated/α-hetero) is 1. The van der Waals surface area contributed by atoms with Gasteiger partial charge in [-0.1, -0.05) is 31.5 Å². The van der Waals surface area contributed by atoms with Crippen molar-refractivity contribution >= 4 is 28.5 Å². The molecule has 2 saturated heterocycles. The lowest BCUT2D eigenvalue weighted by Crippen LogP contribution is -2.57. The molecule has 2 aromatic carbocycles. The van der Waals surface area contributed by atoms with Crippen LogP contribution in [0.15, 0.2) is 59.0 Å². The van der Waals surface area contributed by atoms with Crippen LogP contribution in [0.5, 0.6) is 0 Å². The Bertz CT molecular complexity index is 1410. The number of carbonyl (C=O) groups is 2. The molecule has 1 aromatic heterocycles. The van der Waals surface area contributed by atoms with Crippen LogP contribution in [0.3, 0.4) is 0 Å². The van der Waals surface area contributed by atoms with Crippen LogP contribution >= 0.6 is 0 Å². The van der Waals surface area contributed by atoms with E-state index >= 15 is 0 Å². The molecular formula is C29H31N3O5. The van der Waals surface area contributed by atoms with E-state index in [1.165, 1.54) is 19.8 Å². The standard InChI is InChI=1S/C29H31N3O5/c1-4-17-14-32-11-10-29(25(32)13-20(17)21(15-35-2)28(34)36-3)27(33)26-19(6-5-7-22(26)31-29)18-8-9-24-23(12-18)30-16-37-24/h5-9,12,15-17,20,25,31H,4,10-11,13-14H2,1-3H3/b21-15+/t17-,20+,25+,29+/m1/s1. The Balaban J connectivity index is 1.38. The summed E-state index contributed by atoms with van der Waals surface area (Å²) in [5.41, 5.74) is 4.70. The summed E-state index contributed by atoms with van der Waals surface area (Å²) >= 11 is 0. The summed E-state index contributed by atoms with van der Waals surface area (Å²) in [7, 11) is 2.95. The SMILES string of the molecule is CC[C@@H]1CN2CC[C@]3(Nc4cccc(-c5ccc6ocnc6c5)c4C3=O)[C@@H]2C[C@@H]1/C(=C\OC)C(=O)OC. The van der Waals surface area contributed by atoms with E-state index in [1.807, 2.05) is 36.4 Å². The van der Waals surface area contributed by atoms with Crippen LogP contribution in [-0.4, -0.2) is 60.5 Å². The number of nitrogens with one attached hydrogen (secondary N) is 1. The zero-order chi connectivity index (χ0) is 25.7. The number of oxazole rings is 1. The first-order valence-electron chi connectivity index (χ1n) is 12.9. The molecule has 1 spiro atoms. The van der Waals surface area contributed by atoms with Gasteiger partial charge in [-0.15, -0.1) is 0 Å². The number of aromatic nitrogens is 1. The van der Waals surface area contributed by atoms with Crippen LogP contribution in [0.2, 0.25) is 0 Å². The van der Waals surface area contributed by atoms with E-state index in [4.69, 9.17) is 13.9 Å². The van der Waals surface area contributed by atoms with Crippen molar-refractivity contribution in [2.45, 2.75) is 37.8 Å². The van der Waals surface area contributed by atoms with Crippen molar-refractivity contribution in [3.8, 4) is 11.1 Å². The van der Waals surface area contributed by atoms with Gasteiger partial charge in [0.05, 0.1) is 31.6 Å². The largest absolute Gasteiger partial charge is 0.504 e. The molecule has 0 unspecified atom stereocenters. The zero-order valence-electron chi connectivity index (χ0n) is 21.3. The summed E-state index contributed by atoms with van der Waals surface area (Å²) in [6.07, 6.45) is 5.28. The molecule has 8 nitrogen and oxygen atoms in total. The summed E-state index contributed by atoms with van der Waals surface area (Å²) in [6, 6.07) is 11.8. The summed E-state index contributed by atoms with van der Waals surface area (Å²) in [5.74, 6) is -0.0308. The van der Waals surface area contributed by atoms with Gasteiger partial charge in [0.2, 0.25) is 0 Å². The number of nitrogens with zero attached hydrogens (tertiary/aromatic N) is 2. The molecule has 1 N–H and O–H groups in total. The first kappa shape index (κ1) is 23.7. The molecule has 37 heavy (non-hydrogen) atoms. The molecule has 0 amide bonds. The normalized spacial score (nSPS) is 27.3. The highest BCUT2D eigenvalue weighted by molar-refractivity contribution is 6.18. The smallest absolute Gasteiger partial charge is 0.337 e. The van der Waals surface area contributed by atoms with Crippen LogP contribution in [0.25, 0.3) is 22.2 Å². The molecule has 6 rings (SSSR count). The Kier molecular flexibility index (Phi) is 5.79. The summed E-state index contributed by atoms with van der Waals surface area (Å²) in [5, 5.41) is 3.68. The highest BCUT2D eigenvalue weighted by atomic mass is 16.5. The minimum absolute atomic E-state index is 0.0454. The van der Waals surface area contributed by atoms with Gasteiger partial charge in [0.25, 0.3) is 0 Å². The first-order chi connectivity index (χ1) is 18.0. The van der Waals surface area contributed by atoms with E-state index in [0.717, 1.165) is 53.8 Å². The van der Waals surface area contributed by atoms with E-state index in [1.54, 1.807) is 7.11 Å². The first-order valence-corrected chi connectivity index (χ1v) is 12.9. The summed E-state index contributed by atoms with van der Waals surface area (Å²) in [4.78, 5) is 33.8. The third-order valence-corrected chi connectivity index (χ3v) is 8.60. The van der Waals surface area contributed by atoms with Gasteiger partial charge in [0.1, 0.15) is 11.1 Å². The number of carbonyl (C=O) groups excluding carboxylic acids is 2. The van der Waals surface area contributed by atoms with Gasteiger partial charge >= 0.3 is 5.97 Å². The molecule has 2 fully saturated rings.